The summed E-state index contributed by atoms with van der Waals surface area (Å²) in [6.45, 7) is 2.87. The first kappa shape index (κ1) is 33.5. The average Bonchev–Trinajstić information content (AvgIpc) is 3.72. The van der Waals surface area contributed by atoms with Crippen LogP contribution < -0.4 is 30.7 Å². The Kier molecular flexibility index (Phi) is 10.7. The minimum absolute atomic E-state index is 0.0799. The Hall–Kier alpha value is -4.36. The van der Waals surface area contributed by atoms with Gasteiger partial charge in [-0.05, 0) is 12.3 Å². The Morgan fingerprint density at radius 3 is 1.81 bits per heavy atom. The standard InChI is InChI=1S/C34H36Cl2N8O4/c1-47-33-27(15-37-12-19-11-30(46)41-13-19)39-17-25(43-33)23-7-3-5-21(31(23)35)22-6-4-8-24(32(22)36)26-18-40-28(34(44-26)48-2)16-38-14-20-9-10-29(45)42-20/h3-8,17-20,37-38H,9-16H2,1-2H3,(H,41,46)(H,42,45). The van der Waals surface area contributed by atoms with Crippen LogP contribution in [-0.4, -0.2) is 71.6 Å². The molecule has 14 heteroatoms. The van der Waals surface area contributed by atoms with E-state index in [2.05, 4.69) is 31.2 Å². The predicted octanol–water partition coefficient (Wildman–Crippen LogP) is 4.19. The van der Waals surface area contributed by atoms with Crippen LogP contribution in [0.5, 0.6) is 11.8 Å². The van der Waals surface area contributed by atoms with Crippen molar-refractivity contribution in [3.8, 4) is 45.4 Å². The number of hydrogen-bond donors (Lipinski definition) is 4. The summed E-state index contributed by atoms with van der Waals surface area (Å²) in [5.74, 6) is 1.18. The van der Waals surface area contributed by atoms with E-state index in [1.165, 1.54) is 0 Å². The third-order valence-corrected chi connectivity index (χ3v) is 9.22. The van der Waals surface area contributed by atoms with Crippen molar-refractivity contribution in [1.82, 2.24) is 41.2 Å². The second-order valence-corrected chi connectivity index (χ2v) is 12.5. The number of hydrogen-bond acceptors (Lipinski definition) is 10. The van der Waals surface area contributed by atoms with E-state index in [-0.39, 0.29) is 23.8 Å². The smallest absolute Gasteiger partial charge is 0.237 e. The summed E-state index contributed by atoms with van der Waals surface area (Å²) in [6, 6.07) is 11.4. The van der Waals surface area contributed by atoms with E-state index in [9.17, 15) is 9.59 Å². The van der Waals surface area contributed by atoms with Crippen molar-refractivity contribution in [3.05, 3.63) is 70.2 Å². The van der Waals surface area contributed by atoms with Gasteiger partial charge in [0, 0.05) is 73.9 Å². The van der Waals surface area contributed by atoms with Crippen LogP contribution in [0.1, 0.15) is 30.7 Å². The van der Waals surface area contributed by atoms with Crippen molar-refractivity contribution in [3.63, 3.8) is 0 Å². The van der Waals surface area contributed by atoms with Crippen LogP contribution in [0.3, 0.4) is 0 Å². The van der Waals surface area contributed by atoms with Crippen molar-refractivity contribution in [1.29, 1.82) is 0 Å². The molecular formula is C34H36Cl2N8O4. The number of amides is 2. The van der Waals surface area contributed by atoms with Gasteiger partial charge in [-0.1, -0.05) is 59.6 Å². The van der Waals surface area contributed by atoms with Gasteiger partial charge >= 0.3 is 0 Å². The van der Waals surface area contributed by atoms with Crippen LogP contribution >= 0.6 is 23.2 Å². The SMILES string of the molecule is COc1nc(-c2cccc(-c3cccc(-c4cnc(CNCC5CCC(=O)N5)c(OC)n4)c3Cl)c2Cl)cnc1CNCC1CNC(=O)C1. The number of halogens is 2. The molecule has 0 saturated carbocycles. The minimum atomic E-state index is 0.0799. The number of benzene rings is 2. The molecule has 2 saturated heterocycles. The fourth-order valence-corrected chi connectivity index (χ4v) is 6.55. The van der Waals surface area contributed by atoms with Gasteiger partial charge in [0.1, 0.15) is 11.4 Å². The Labute approximate surface area is 288 Å². The van der Waals surface area contributed by atoms with E-state index >= 15 is 0 Å². The number of carbonyl (C=O) groups is 2. The monoisotopic (exact) mass is 690 g/mol. The highest BCUT2D eigenvalue weighted by Gasteiger charge is 2.23. The van der Waals surface area contributed by atoms with Gasteiger partial charge in [0.05, 0.1) is 48.0 Å². The van der Waals surface area contributed by atoms with E-state index in [0.717, 1.165) is 6.42 Å². The normalized spacial score (nSPS) is 17.3. The van der Waals surface area contributed by atoms with Crippen molar-refractivity contribution in [2.45, 2.75) is 38.4 Å². The lowest BCUT2D eigenvalue weighted by atomic mass is 9.98. The molecule has 0 spiro atoms. The van der Waals surface area contributed by atoms with E-state index in [1.54, 1.807) is 26.6 Å². The fraction of sp³-hybridized carbons (Fsp3) is 0.353. The summed E-state index contributed by atoms with van der Waals surface area (Å²) in [5.41, 5.74) is 5.18. The molecule has 48 heavy (non-hydrogen) atoms. The molecule has 2 amide bonds. The summed E-state index contributed by atoms with van der Waals surface area (Å²) in [4.78, 5) is 41.6. The molecule has 2 unspecified atom stereocenters. The molecule has 2 aromatic carbocycles. The lowest BCUT2D eigenvalue weighted by molar-refractivity contribution is -0.120. The van der Waals surface area contributed by atoms with E-state index in [4.69, 9.17) is 42.6 Å². The molecule has 4 N–H and O–H groups in total. The predicted molar refractivity (Wildman–Crippen MR) is 183 cm³/mol. The zero-order chi connectivity index (χ0) is 33.6. The van der Waals surface area contributed by atoms with Crippen LogP contribution in [0, 0.1) is 5.92 Å². The number of methoxy groups -OCH3 is 2. The molecule has 2 atom stereocenters. The molecule has 2 fully saturated rings. The highest BCUT2D eigenvalue weighted by Crippen LogP contribution is 2.42. The molecule has 0 bridgehead atoms. The molecule has 0 radical (unpaired) electrons. The summed E-state index contributed by atoms with van der Waals surface area (Å²) >= 11 is 14.1. The van der Waals surface area contributed by atoms with Crippen molar-refractivity contribution in [2.75, 3.05) is 33.9 Å². The molecule has 4 aromatic rings. The number of carbonyl (C=O) groups excluding carboxylic acids is 2. The van der Waals surface area contributed by atoms with Crippen LogP contribution in [0.4, 0.5) is 0 Å². The average molecular weight is 692 g/mol. The highest BCUT2D eigenvalue weighted by molar-refractivity contribution is 6.39. The first-order valence-electron chi connectivity index (χ1n) is 15.7. The zero-order valence-electron chi connectivity index (χ0n) is 26.6. The first-order chi connectivity index (χ1) is 23.3. The molecule has 0 aliphatic carbocycles. The molecule has 6 rings (SSSR count). The number of nitrogens with zero attached hydrogens (tertiary/aromatic N) is 4. The Balaban J connectivity index is 1.20. The molecule has 12 nitrogen and oxygen atoms in total. The second kappa shape index (κ2) is 15.2. The Bertz CT molecular complexity index is 1690. The molecule has 250 valence electrons. The van der Waals surface area contributed by atoms with Gasteiger partial charge in [0.15, 0.2) is 0 Å². The van der Waals surface area contributed by atoms with E-state index in [1.807, 2.05) is 36.4 Å². The highest BCUT2D eigenvalue weighted by atomic mass is 35.5. The lowest BCUT2D eigenvalue weighted by Gasteiger charge is -2.15. The zero-order valence-corrected chi connectivity index (χ0v) is 28.1. The topological polar surface area (TPSA) is 152 Å². The summed E-state index contributed by atoms with van der Waals surface area (Å²) in [7, 11) is 3.11. The fourth-order valence-electron chi connectivity index (χ4n) is 5.90. The summed E-state index contributed by atoms with van der Waals surface area (Å²) in [6.07, 6.45) is 5.23. The summed E-state index contributed by atoms with van der Waals surface area (Å²) in [5, 5.41) is 13.4. The maximum Gasteiger partial charge on any atom is 0.237 e. The third-order valence-electron chi connectivity index (χ3n) is 8.40. The van der Waals surface area contributed by atoms with Crippen LogP contribution in [0.2, 0.25) is 10.0 Å². The van der Waals surface area contributed by atoms with Gasteiger partial charge in [-0.15, -0.1) is 0 Å². The first-order valence-corrected chi connectivity index (χ1v) is 16.5. The van der Waals surface area contributed by atoms with Gasteiger partial charge in [0.25, 0.3) is 0 Å². The lowest BCUT2D eigenvalue weighted by Crippen LogP contribution is -2.35. The molecule has 2 aliphatic rings. The number of rotatable bonds is 13. The largest absolute Gasteiger partial charge is 0.480 e. The van der Waals surface area contributed by atoms with Crippen molar-refractivity contribution in [2.24, 2.45) is 5.92 Å². The van der Waals surface area contributed by atoms with Gasteiger partial charge < -0.3 is 30.7 Å². The molecular weight excluding hydrogens is 655 g/mol. The number of ether oxygens (including phenoxy) is 2. The Morgan fingerprint density at radius 1 is 0.792 bits per heavy atom. The van der Waals surface area contributed by atoms with Crippen LogP contribution in [0.15, 0.2) is 48.8 Å². The number of nitrogens with one attached hydrogen (secondary N) is 4. The van der Waals surface area contributed by atoms with E-state index in [0.29, 0.717) is 112 Å². The van der Waals surface area contributed by atoms with Crippen LogP contribution in [0.25, 0.3) is 33.6 Å². The summed E-state index contributed by atoms with van der Waals surface area (Å²) < 4.78 is 11.1. The van der Waals surface area contributed by atoms with Crippen molar-refractivity contribution >= 4 is 35.0 Å². The Morgan fingerprint density at radius 2 is 1.33 bits per heavy atom. The quantitative estimate of drug-likeness (QED) is 0.161. The molecule has 2 aromatic heterocycles. The molecule has 2 aliphatic heterocycles. The number of aromatic nitrogens is 4. The maximum atomic E-state index is 11.5. The minimum Gasteiger partial charge on any atom is -0.480 e. The van der Waals surface area contributed by atoms with Crippen molar-refractivity contribution < 1.29 is 19.1 Å². The second-order valence-electron chi connectivity index (χ2n) is 11.7. The van der Waals surface area contributed by atoms with Gasteiger partial charge in [-0.2, -0.15) is 0 Å². The van der Waals surface area contributed by atoms with Crippen LogP contribution in [-0.2, 0) is 22.7 Å². The molecule has 4 heterocycles. The van der Waals surface area contributed by atoms with Gasteiger partial charge in [0.2, 0.25) is 23.6 Å². The van der Waals surface area contributed by atoms with Gasteiger partial charge in [-0.3, -0.25) is 19.6 Å². The maximum absolute atomic E-state index is 11.5. The van der Waals surface area contributed by atoms with E-state index < -0.39 is 0 Å². The third kappa shape index (κ3) is 7.52. The van der Waals surface area contributed by atoms with Gasteiger partial charge in [-0.25, -0.2) is 9.97 Å².